The molecule has 7 heteroatoms. The number of pyridine rings is 1. The summed E-state index contributed by atoms with van der Waals surface area (Å²) in [6.45, 7) is 4.75. The van der Waals surface area contributed by atoms with Gasteiger partial charge in [0.05, 0.1) is 7.11 Å². The van der Waals surface area contributed by atoms with Crippen molar-refractivity contribution in [1.82, 2.24) is 10.3 Å². The number of esters is 1. The van der Waals surface area contributed by atoms with E-state index in [1.807, 2.05) is 48.8 Å². The van der Waals surface area contributed by atoms with Gasteiger partial charge < -0.3 is 10.1 Å². The SMILES string of the molecule is COC(=O)CCCC=C(c1cccnc1)c1cccc(NC(=NCC(C)C)NC#N)c1. The zero-order valence-corrected chi connectivity index (χ0v) is 18.3. The number of carbonyl (C=O) groups excluding carboxylic acids is 1. The van der Waals surface area contributed by atoms with Gasteiger partial charge in [0.15, 0.2) is 6.19 Å². The normalized spacial score (nSPS) is 11.7. The van der Waals surface area contributed by atoms with Crippen LogP contribution < -0.4 is 10.6 Å². The summed E-state index contributed by atoms with van der Waals surface area (Å²) in [7, 11) is 1.40. The van der Waals surface area contributed by atoms with Crippen LogP contribution in [0.1, 0.15) is 44.2 Å². The predicted molar refractivity (Wildman–Crippen MR) is 123 cm³/mol. The van der Waals surface area contributed by atoms with Crippen molar-refractivity contribution in [3.8, 4) is 6.19 Å². The predicted octanol–water partition coefficient (Wildman–Crippen LogP) is 4.35. The van der Waals surface area contributed by atoms with Gasteiger partial charge in [0.25, 0.3) is 0 Å². The summed E-state index contributed by atoms with van der Waals surface area (Å²) >= 11 is 0. The van der Waals surface area contributed by atoms with Crippen LogP contribution in [0.2, 0.25) is 0 Å². The van der Waals surface area contributed by atoms with E-state index >= 15 is 0 Å². The van der Waals surface area contributed by atoms with E-state index in [-0.39, 0.29) is 5.97 Å². The van der Waals surface area contributed by atoms with Crippen molar-refractivity contribution >= 4 is 23.2 Å². The lowest BCUT2D eigenvalue weighted by atomic mass is 9.97. The minimum absolute atomic E-state index is 0.208. The van der Waals surface area contributed by atoms with Gasteiger partial charge in [0, 0.05) is 36.6 Å². The Morgan fingerprint density at radius 1 is 1.29 bits per heavy atom. The van der Waals surface area contributed by atoms with E-state index in [2.05, 4.69) is 40.5 Å². The zero-order chi connectivity index (χ0) is 22.5. The third kappa shape index (κ3) is 8.31. The summed E-state index contributed by atoms with van der Waals surface area (Å²) in [5, 5.41) is 14.8. The third-order valence-corrected chi connectivity index (χ3v) is 4.36. The molecular formula is C24H29N5O2. The van der Waals surface area contributed by atoms with Crippen molar-refractivity contribution in [3.05, 3.63) is 66.0 Å². The van der Waals surface area contributed by atoms with Gasteiger partial charge >= 0.3 is 5.97 Å². The molecule has 162 valence electrons. The van der Waals surface area contributed by atoms with Gasteiger partial charge in [0.2, 0.25) is 5.96 Å². The van der Waals surface area contributed by atoms with Crippen molar-refractivity contribution in [2.75, 3.05) is 19.0 Å². The number of anilines is 1. The molecule has 0 aliphatic rings. The topological polar surface area (TPSA) is 99.4 Å². The molecule has 0 saturated heterocycles. The first-order valence-electron chi connectivity index (χ1n) is 10.3. The molecule has 1 aromatic heterocycles. The summed E-state index contributed by atoms with van der Waals surface area (Å²) in [4.78, 5) is 20.1. The standard InChI is InChI=1S/C24H29N5O2/c1-18(2)15-27-24(28-17-25)29-21-10-6-8-19(14-21)22(20-9-7-13-26-16-20)11-4-5-12-23(30)31-3/h6-11,13-14,16,18H,4-5,12,15H2,1-3H3,(H2,27,28,29). The van der Waals surface area contributed by atoms with Gasteiger partial charge in [-0.25, -0.2) is 0 Å². The Balaban J connectivity index is 2.27. The van der Waals surface area contributed by atoms with E-state index in [9.17, 15) is 4.79 Å². The van der Waals surface area contributed by atoms with Gasteiger partial charge in [0.1, 0.15) is 0 Å². The Hall–Kier alpha value is -3.66. The number of guanidine groups is 1. The fourth-order valence-electron chi connectivity index (χ4n) is 2.86. The van der Waals surface area contributed by atoms with Crippen LogP contribution in [0, 0.1) is 17.4 Å². The number of aromatic nitrogens is 1. The van der Waals surface area contributed by atoms with Crippen LogP contribution in [-0.4, -0.2) is 30.6 Å². The smallest absolute Gasteiger partial charge is 0.305 e. The number of nitrogens with one attached hydrogen (secondary N) is 2. The molecule has 0 aliphatic heterocycles. The van der Waals surface area contributed by atoms with Crippen molar-refractivity contribution in [2.24, 2.45) is 10.9 Å². The Kier molecular flexibility index (Phi) is 9.76. The Bertz CT molecular complexity index is 946. The molecule has 0 radical (unpaired) electrons. The summed E-state index contributed by atoms with van der Waals surface area (Å²) in [5.41, 5.74) is 3.82. The second-order valence-electron chi connectivity index (χ2n) is 7.35. The maximum atomic E-state index is 11.4. The average Bonchev–Trinajstić information content (AvgIpc) is 2.78. The van der Waals surface area contributed by atoms with Crippen LogP contribution in [0.15, 0.2) is 59.9 Å². The number of hydrogen-bond donors (Lipinski definition) is 2. The number of ether oxygens (including phenoxy) is 1. The fourth-order valence-corrected chi connectivity index (χ4v) is 2.86. The quantitative estimate of drug-likeness (QED) is 0.157. The number of nitrogens with zero attached hydrogens (tertiary/aromatic N) is 3. The summed E-state index contributed by atoms with van der Waals surface area (Å²) < 4.78 is 4.72. The number of methoxy groups -OCH3 is 1. The van der Waals surface area contributed by atoms with E-state index in [1.165, 1.54) is 7.11 Å². The van der Waals surface area contributed by atoms with Crippen LogP contribution in [0.5, 0.6) is 0 Å². The molecule has 0 amide bonds. The molecule has 2 N–H and O–H groups in total. The lowest BCUT2D eigenvalue weighted by Crippen LogP contribution is -2.27. The molecule has 0 spiro atoms. The van der Waals surface area contributed by atoms with Crippen molar-refractivity contribution < 1.29 is 9.53 Å². The number of hydrogen-bond acceptors (Lipinski definition) is 5. The van der Waals surface area contributed by atoms with E-state index < -0.39 is 0 Å². The molecule has 1 heterocycles. The molecule has 0 atom stereocenters. The van der Waals surface area contributed by atoms with Gasteiger partial charge in [-0.05, 0) is 48.1 Å². The second kappa shape index (κ2) is 12.8. The third-order valence-electron chi connectivity index (χ3n) is 4.36. The van der Waals surface area contributed by atoms with Crippen LogP contribution in [0.4, 0.5) is 5.69 Å². The van der Waals surface area contributed by atoms with Crippen LogP contribution in [0.25, 0.3) is 5.57 Å². The van der Waals surface area contributed by atoms with Gasteiger partial charge in [-0.2, -0.15) is 5.26 Å². The van der Waals surface area contributed by atoms with Crippen molar-refractivity contribution in [1.29, 1.82) is 5.26 Å². The molecule has 31 heavy (non-hydrogen) atoms. The lowest BCUT2D eigenvalue weighted by molar-refractivity contribution is -0.140. The van der Waals surface area contributed by atoms with Crippen LogP contribution >= 0.6 is 0 Å². The average molecular weight is 420 g/mol. The zero-order valence-electron chi connectivity index (χ0n) is 18.3. The summed E-state index contributed by atoms with van der Waals surface area (Å²) in [6.07, 6.45) is 9.40. The molecule has 0 fully saturated rings. The largest absolute Gasteiger partial charge is 0.469 e. The fraction of sp³-hybridized carbons (Fsp3) is 0.333. The molecule has 2 rings (SSSR count). The highest BCUT2D eigenvalue weighted by Gasteiger charge is 2.08. The molecule has 0 aliphatic carbocycles. The molecule has 0 bridgehead atoms. The van der Waals surface area contributed by atoms with Gasteiger partial charge in [-0.3, -0.25) is 20.1 Å². The molecule has 7 nitrogen and oxygen atoms in total. The maximum absolute atomic E-state index is 11.4. The van der Waals surface area contributed by atoms with Gasteiger partial charge in [-0.1, -0.05) is 38.1 Å². The molecule has 0 unspecified atom stereocenters. The number of aliphatic imine (C=N–C) groups is 1. The lowest BCUT2D eigenvalue weighted by Gasteiger charge is -2.13. The number of carbonyl (C=O) groups is 1. The minimum atomic E-state index is -0.208. The van der Waals surface area contributed by atoms with E-state index in [0.717, 1.165) is 28.8 Å². The van der Waals surface area contributed by atoms with Crippen LogP contribution in [-0.2, 0) is 9.53 Å². The molecular weight excluding hydrogens is 390 g/mol. The Morgan fingerprint density at radius 3 is 2.77 bits per heavy atom. The second-order valence-corrected chi connectivity index (χ2v) is 7.35. The summed E-state index contributed by atoms with van der Waals surface area (Å²) in [5.74, 6) is 0.591. The number of allylic oxidation sites excluding steroid dienone is 1. The van der Waals surface area contributed by atoms with E-state index in [0.29, 0.717) is 31.3 Å². The van der Waals surface area contributed by atoms with E-state index in [4.69, 9.17) is 10.00 Å². The number of rotatable bonds is 9. The Morgan fingerprint density at radius 2 is 2.10 bits per heavy atom. The monoisotopic (exact) mass is 419 g/mol. The maximum Gasteiger partial charge on any atom is 0.305 e. The first-order chi connectivity index (χ1) is 15.0. The number of nitriles is 1. The molecule has 1 aromatic carbocycles. The molecule has 2 aromatic rings. The highest BCUT2D eigenvalue weighted by molar-refractivity contribution is 5.95. The number of unbranched alkanes of at least 4 members (excludes halogenated alkanes) is 1. The van der Waals surface area contributed by atoms with Crippen molar-refractivity contribution in [3.63, 3.8) is 0 Å². The highest BCUT2D eigenvalue weighted by Crippen LogP contribution is 2.26. The summed E-state index contributed by atoms with van der Waals surface area (Å²) in [6, 6.07) is 11.8. The number of benzene rings is 1. The molecule has 0 saturated carbocycles. The van der Waals surface area contributed by atoms with E-state index in [1.54, 1.807) is 6.20 Å². The first-order valence-corrected chi connectivity index (χ1v) is 10.3. The first kappa shape index (κ1) is 23.6. The van der Waals surface area contributed by atoms with Gasteiger partial charge in [-0.15, -0.1) is 0 Å². The Labute approximate surface area is 183 Å². The van der Waals surface area contributed by atoms with Crippen LogP contribution in [0.3, 0.4) is 0 Å². The highest BCUT2D eigenvalue weighted by atomic mass is 16.5. The minimum Gasteiger partial charge on any atom is -0.469 e. The van der Waals surface area contributed by atoms with Crippen molar-refractivity contribution in [2.45, 2.75) is 33.1 Å².